The third kappa shape index (κ3) is 4.24. The van der Waals surface area contributed by atoms with Crippen LogP contribution in [0.3, 0.4) is 0 Å². The number of aryl methyl sites for hydroxylation is 1. The van der Waals surface area contributed by atoms with Crippen LogP contribution in [0.2, 0.25) is 0 Å². The summed E-state index contributed by atoms with van der Waals surface area (Å²) >= 11 is 0. The summed E-state index contributed by atoms with van der Waals surface area (Å²) in [5.74, 6) is 0.361. The van der Waals surface area contributed by atoms with Gasteiger partial charge in [-0.05, 0) is 115 Å². The van der Waals surface area contributed by atoms with Gasteiger partial charge in [0.15, 0.2) is 0 Å². The minimum atomic E-state index is -0.404. The van der Waals surface area contributed by atoms with Crippen LogP contribution in [0.15, 0.2) is 182 Å². The maximum absolute atomic E-state index is 2.51. The van der Waals surface area contributed by atoms with E-state index in [-0.39, 0.29) is 10.8 Å². The molecule has 2 unspecified atom stereocenters. The summed E-state index contributed by atoms with van der Waals surface area (Å²) < 4.78 is 0. The number of hydrogen-bond donors (Lipinski definition) is 0. The number of anilines is 3. The van der Waals surface area contributed by atoms with Gasteiger partial charge >= 0.3 is 0 Å². The van der Waals surface area contributed by atoms with Crippen LogP contribution in [0.25, 0.3) is 33.4 Å². The minimum Gasteiger partial charge on any atom is -0.310 e. The molecule has 55 heavy (non-hydrogen) atoms. The Hall–Kier alpha value is -6.18. The number of rotatable bonds is 4. The summed E-state index contributed by atoms with van der Waals surface area (Å²) in [7, 11) is 0. The van der Waals surface area contributed by atoms with Gasteiger partial charge in [0, 0.05) is 28.4 Å². The smallest absolute Gasteiger partial charge is 0.0726 e. The zero-order valence-electron chi connectivity index (χ0n) is 31.8. The largest absolute Gasteiger partial charge is 0.310 e. The number of nitrogens with zero attached hydrogens (tertiary/aromatic N) is 1. The van der Waals surface area contributed by atoms with Crippen LogP contribution in [0.1, 0.15) is 65.6 Å². The fraction of sp³-hybridized carbons (Fsp3) is 0.148. The van der Waals surface area contributed by atoms with Gasteiger partial charge in [0.1, 0.15) is 0 Å². The average molecular weight is 706 g/mol. The Labute approximate surface area is 325 Å². The highest BCUT2D eigenvalue weighted by molar-refractivity contribution is 5.96. The number of hydrogen-bond acceptors (Lipinski definition) is 1. The van der Waals surface area contributed by atoms with Gasteiger partial charge in [-0.1, -0.05) is 172 Å². The first kappa shape index (κ1) is 32.3. The lowest BCUT2D eigenvalue weighted by molar-refractivity contribution is 0.245. The molecule has 0 bridgehead atoms. The standard InChI is InChI=1S/C54H43N/c1-35-20-22-36(23-21-35)37-24-26-38(27-25-37)55(39-29-31-45-46-16-11-12-32-53(46,4)52(2,3)50(45)33-39)40-28-30-44-43-15-7-10-19-49(43)54(51(44)34-40)47-17-8-5-13-41(47)42-14-6-9-18-48(42)54/h5-34,46H,1-4H3. The molecule has 7 aromatic rings. The maximum atomic E-state index is 2.51. The molecule has 4 aliphatic rings. The monoisotopic (exact) mass is 705 g/mol. The third-order valence-electron chi connectivity index (χ3n) is 13.9. The Balaban J connectivity index is 1.14. The van der Waals surface area contributed by atoms with Crippen LogP contribution in [-0.2, 0) is 10.8 Å². The second-order valence-electron chi connectivity index (χ2n) is 16.8. The zero-order chi connectivity index (χ0) is 37.1. The number of benzene rings is 7. The molecule has 0 aromatic heterocycles. The van der Waals surface area contributed by atoms with Crippen molar-refractivity contribution in [2.45, 2.75) is 44.4 Å². The van der Waals surface area contributed by atoms with Crippen molar-refractivity contribution in [3.63, 3.8) is 0 Å². The van der Waals surface area contributed by atoms with Crippen molar-refractivity contribution < 1.29 is 0 Å². The number of fused-ring (bicyclic) bond motifs is 13. The normalized spacial score (nSPS) is 19.7. The van der Waals surface area contributed by atoms with Crippen molar-refractivity contribution in [2.24, 2.45) is 5.41 Å². The molecule has 2 atom stereocenters. The fourth-order valence-electron chi connectivity index (χ4n) is 10.8. The topological polar surface area (TPSA) is 3.24 Å². The zero-order valence-corrected chi connectivity index (χ0v) is 31.8. The van der Waals surface area contributed by atoms with Crippen LogP contribution in [0, 0.1) is 12.3 Å². The second-order valence-corrected chi connectivity index (χ2v) is 16.8. The van der Waals surface area contributed by atoms with E-state index in [2.05, 4.69) is 215 Å². The highest BCUT2D eigenvalue weighted by Crippen LogP contribution is 2.64. The highest BCUT2D eigenvalue weighted by atomic mass is 15.1. The lowest BCUT2D eigenvalue weighted by Crippen LogP contribution is -2.36. The van der Waals surface area contributed by atoms with E-state index in [1.54, 1.807) is 0 Å². The fourth-order valence-corrected chi connectivity index (χ4v) is 10.8. The van der Waals surface area contributed by atoms with E-state index in [9.17, 15) is 0 Å². The molecule has 264 valence electrons. The first-order valence-corrected chi connectivity index (χ1v) is 19.7. The van der Waals surface area contributed by atoms with Gasteiger partial charge in [0.2, 0.25) is 0 Å². The van der Waals surface area contributed by atoms with Gasteiger partial charge in [-0.2, -0.15) is 0 Å². The molecular weight excluding hydrogens is 663 g/mol. The Kier molecular flexibility index (Phi) is 6.70. The third-order valence-corrected chi connectivity index (χ3v) is 13.9. The van der Waals surface area contributed by atoms with Crippen LogP contribution < -0.4 is 4.90 Å². The van der Waals surface area contributed by atoms with Crippen molar-refractivity contribution in [2.75, 3.05) is 4.90 Å². The van der Waals surface area contributed by atoms with Crippen molar-refractivity contribution >= 4 is 17.1 Å². The Morgan fingerprint density at radius 3 is 1.55 bits per heavy atom. The van der Waals surface area contributed by atoms with E-state index >= 15 is 0 Å². The highest BCUT2D eigenvalue weighted by Gasteiger charge is 2.54. The van der Waals surface area contributed by atoms with E-state index in [0.717, 1.165) is 11.4 Å². The van der Waals surface area contributed by atoms with Crippen molar-refractivity contribution in [1.29, 1.82) is 0 Å². The molecule has 11 rings (SSSR count). The molecule has 1 nitrogen and oxygen atoms in total. The van der Waals surface area contributed by atoms with Crippen LogP contribution in [-0.4, -0.2) is 0 Å². The second kappa shape index (κ2) is 11.4. The van der Waals surface area contributed by atoms with Gasteiger partial charge in [0.25, 0.3) is 0 Å². The molecule has 0 saturated carbocycles. The molecule has 7 aromatic carbocycles. The molecular formula is C54H43N. The first-order valence-electron chi connectivity index (χ1n) is 19.7. The van der Waals surface area contributed by atoms with Crippen molar-refractivity contribution in [1.82, 2.24) is 0 Å². The van der Waals surface area contributed by atoms with E-state index in [0.29, 0.717) is 5.92 Å². The van der Waals surface area contributed by atoms with Crippen LogP contribution in [0.5, 0.6) is 0 Å². The summed E-state index contributed by atoms with van der Waals surface area (Å²) in [6, 6.07) is 59.8. The predicted octanol–water partition coefficient (Wildman–Crippen LogP) is 14.0. The molecule has 1 heteroatoms. The van der Waals surface area contributed by atoms with Crippen molar-refractivity contribution in [3.05, 3.63) is 221 Å². The summed E-state index contributed by atoms with van der Waals surface area (Å²) in [6.07, 6.45) is 9.31. The van der Waals surface area contributed by atoms with E-state index in [1.807, 2.05) is 0 Å². The summed E-state index contributed by atoms with van der Waals surface area (Å²) in [5, 5.41) is 0. The number of allylic oxidation sites excluding steroid dienone is 4. The van der Waals surface area contributed by atoms with Gasteiger partial charge < -0.3 is 4.90 Å². The minimum absolute atomic E-state index is 0.0121. The maximum Gasteiger partial charge on any atom is 0.0726 e. The molecule has 0 amide bonds. The van der Waals surface area contributed by atoms with Gasteiger partial charge in [-0.3, -0.25) is 0 Å². The summed E-state index contributed by atoms with van der Waals surface area (Å²) in [5.41, 5.74) is 20.4. The quantitative estimate of drug-likeness (QED) is 0.176. The van der Waals surface area contributed by atoms with E-state index in [1.165, 1.54) is 78.0 Å². The average Bonchev–Trinajstić information content (AvgIpc) is 3.75. The Bertz CT molecular complexity index is 2700. The molecule has 0 aliphatic heterocycles. The molecule has 0 heterocycles. The van der Waals surface area contributed by atoms with Crippen molar-refractivity contribution in [3.8, 4) is 33.4 Å². The Morgan fingerprint density at radius 2 is 0.945 bits per heavy atom. The summed E-state index contributed by atoms with van der Waals surface area (Å²) in [4.78, 5) is 2.50. The van der Waals surface area contributed by atoms with Gasteiger partial charge in [-0.25, -0.2) is 0 Å². The van der Waals surface area contributed by atoms with Gasteiger partial charge in [-0.15, -0.1) is 0 Å². The SMILES string of the molecule is Cc1ccc(-c2ccc(N(c3ccc4c(c3)C3(c5ccccc5-c5ccccc53)c3ccccc3-4)c3ccc4c(c3)C(C)(C)C3(C)C=CC=CC43)cc2)cc1. The molecule has 0 saturated heterocycles. The van der Waals surface area contributed by atoms with E-state index < -0.39 is 5.41 Å². The first-order chi connectivity index (χ1) is 26.8. The molecule has 0 fully saturated rings. The van der Waals surface area contributed by atoms with Gasteiger partial charge in [0.05, 0.1) is 5.41 Å². The van der Waals surface area contributed by atoms with Crippen LogP contribution in [0.4, 0.5) is 17.1 Å². The van der Waals surface area contributed by atoms with Crippen LogP contribution >= 0.6 is 0 Å². The lowest BCUT2D eigenvalue weighted by atomic mass is 9.62. The molecule has 0 radical (unpaired) electrons. The van der Waals surface area contributed by atoms with E-state index in [4.69, 9.17) is 0 Å². The predicted molar refractivity (Wildman–Crippen MR) is 230 cm³/mol. The summed E-state index contributed by atoms with van der Waals surface area (Å²) in [6.45, 7) is 9.46. The Morgan fingerprint density at radius 1 is 0.455 bits per heavy atom. The lowest BCUT2D eigenvalue weighted by Gasteiger charge is -2.41. The molecule has 0 N–H and O–H groups in total. The molecule has 1 spiro atoms. The molecule has 4 aliphatic carbocycles.